The van der Waals surface area contributed by atoms with Gasteiger partial charge in [-0.2, -0.15) is 5.10 Å². The van der Waals surface area contributed by atoms with E-state index >= 15 is 0 Å². The molecule has 4 nitrogen and oxygen atoms in total. The Bertz CT molecular complexity index is 473. The highest BCUT2D eigenvalue weighted by molar-refractivity contribution is 5.17. The van der Waals surface area contributed by atoms with Gasteiger partial charge in [-0.15, -0.1) is 0 Å². The van der Waals surface area contributed by atoms with Crippen LogP contribution in [-0.4, -0.2) is 16.8 Å². The zero-order chi connectivity index (χ0) is 13.0. The molecule has 0 saturated heterocycles. The Balaban J connectivity index is 2.23. The van der Waals surface area contributed by atoms with Gasteiger partial charge in [0.2, 0.25) is 0 Å². The average Bonchev–Trinajstić information content (AvgIpc) is 3.04. The highest BCUT2D eigenvalue weighted by Crippen LogP contribution is 2.20. The van der Waals surface area contributed by atoms with E-state index in [1.54, 1.807) is 6.26 Å². The summed E-state index contributed by atoms with van der Waals surface area (Å²) in [5.74, 6) is 0.997. The molecule has 1 N–H and O–H groups in total. The van der Waals surface area contributed by atoms with Crippen LogP contribution in [-0.2, 0) is 19.4 Å². The van der Waals surface area contributed by atoms with Crippen LogP contribution < -0.4 is 5.32 Å². The van der Waals surface area contributed by atoms with Crippen LogP contribution in [0.3, 0.4) is 0 Å². The van der Waals surface area contributed by atoms with Gasteiger partial charge in [-0.1, -0.05) is 6.92 Å². The third-order valence-electron chi connectivity index (χ3n) is 3.21. The van der Waals surface area contributed by atoms with Crippen molar-refractivity contribution in [3.8, 4) is 0 Å². The van der Waals surface area contributed by atoms with Crippen molar-refractivity contribution in [2.24, 2.45) is 0 Å². The van der Waals surface area contributed by atoms with Crippen LogP contribution in [0, 0.1) is 0 Å². The maximum atomic E-state index is 5.42. The summed E-state index contributed by atoms with van der Waals surface area (Å²) in [6, 6.07) is 6.37. The van der Waals surface area contributed by atoms with Gasteiger partial charge in [0.05, 0.1) is 23.7 Å². The first kappa shape index (κ1) is 12.9. The van der Waals surface area contributed by atoms with Crippen molar-refractivity contribution in [3.05, 3.63) is 41.6 Å². The van der Waals surface area contributed by atoms with Gasteiger partial charge >= 0.3 is 0 Å². The predicted molar refractivity (Wildman–Crippen MR) is 71.5 cm³/mol. The molecule has 0 saturated carbocycles. The third kappa shape index (κ3) is 2.64. The van der Waals surface area contributed by atoms with E-state index in [1.165, 1.54) is 5.69 Å². The molecule has 2 aromatic heterocycles. The molecule has 18 heavy (non-hydrogen) atoms. The number of aryl methyl sites for hydroxylation is 2. The first-order chi connectivity index (χ1) is 8.78. The number of furan rings is 1. The fraction of sp³-hybridized carbons (Fsp3) is 0.500. The van der Waals surface area contributed by atoms with E-state index in [-0.39, 0.29) is 6.04 Å². The Morgan fingerprint density at radius 3 is 2.83 bits per heavy atom. The summed E-state index contributed by atoms with van der Waals surface area (Å²) in [5.41, 5.74) is 2.37. The molecule has 4 heteroatoms. The van der Waals surface area contributed by atoms with Gasteiger partial charge in [0, 0.05) is 13.0 Å². The quantitative estimate of drug-likeness (QED) is 0.853. The number of nitrogens with zero attached hydrogens (tertiary/aromatic N) is 2. The zero-order valence-corrected chi connectivity index (χ0v) is 11.3. The van der Waals surface area contributed by atoms with Crippen molar-refractivity contribution in [2.45, 2.75) is 39.3 Å². The summed E-state index contributed by atoms with van der Waals surface area (Å²) < 4.78 is 7.50. The summed E-state index contributed by atoms with van der Waals surface area (Å²) in [4.78, 5) is 0. The molecule has 0 aliphatic rings. The van der Waals surface area contributed by atoms with Gasteiger partial charge in [-0.05, 0) is 38.6 Å². The molecule has 0 spiro atoms. The van der Waals surface area contributed by atoms with Gasteiger partial charge in [0.1, 0.15) is 5.76 Å². The first-order valence-corrected chi connectivity index (χ1v) is 6.54. The number of aromatic nitrogens is 2. The minimum atomic E-state index is 0.240. The molecule has 1 atom stereocenters. The number of likely N-dealkylation sites (N-methyl/N-ethyl adjacent to an activating group) is 1. The van der Waals surface area contributed by atoms with Crippen molar-refractivity contribution < 1.29 is 4.42 Å². The van der Waals surface area contributed by atoms with E-state index in [0.717, 1.165) is 30.8 Å². The number of nitrogens with one attached hydrogen (secondary N) is 1. The summed E-state index contributed by atoms with van der Waals surface area (Å²) in [6.45, 7) is 5.15. The second-order valence-corrected chi connectivity index (χ2v) is 4.35. The van der Waals surface area contributed by atoms with Gasteiger partial charge in [-0.3, -0.25) is 4.68 Å². The zero-order valence-electron chi connectivity index (χ0n) is 11.3. The topological polar surface area (TPSA) is 43.0 Å². The molecule has 0 aliphatic carbocycles. The van der Waals surface area contributed by atoms with Crippen molar-refractivity contribution in [1.29, 1.82) is 0 Å². The van der Waals surface area contributed by atoms with Gasteiger partial charge in [0.15, 0.2) is 0 Å². The molecule has 0 radical (unpaired) electrons. The Labute approximate surface area is 108 Å². The normalized spacial score (nSPS) is 12.8. The molecule has 0 bridgehead atoms. The molecule has 0 aliphatic heterocycles. The maximum absolute atomic E-state index is 5.42. The largest absolute Gasteiger partial charge is 0.469 e. The Morgan fingerprint density at radius 2 is 2.28 bits per heavy atom. The summed E-state index contributed by atoms with van der Waals surface area (Å²) in [7, 11) is 1.98. The molecule has 0 amide bonds. The molecule has 2 rings (SSSR count). The molecule has 0 fully saturated rings. The summed E-state index contributed by atoms with van der Waals surface area (Å²) in [6.07, 6.45) is 3.53. The molecule has 2 aromatic rings. The standard InChI is InChI=1S/C14H21N3O/c1-4-11-9-14(17(5-2)16-11)13(15-3)10-12-7-6-8-18-12/h6-9,13,15H,4-5,10H2,1-3H3. The molecule has 0 aromatic carbocycles. The fourth-order valence-electron chi connectivity index (χ4n) is 2.18. The Kier molecular flexibility index (Phi) is 4.20. The van der Waals surface area contributed by atoms with Crippen molar-refractivity contribution in [2.75, 3.05) is 7.05 Å². The van der Waals surface area contributed by atoms with E-state index in [4.69, 9.17) is 4.42 Å². The number of hydrogen-bond acceptors (Lipinski definition) is 3. The minimum Gasteiger partial charge on any atom is -0.469 e. The van der Waals surface area contributed by atoms with Gasteiger partial charge in [0.25, 0.3) is 0 Å². The highest BCUT2D eigenvalue weighted by atomic mass is 16.3. The predicted octanol–water partition coefficient (Wildman–Crippen LogP) is 2.56. The highest BCUT2D eigenvalue weighted by Gasteiger charge is 2.17. The lowest BCUT2D eigenvalue weighted by Crippen LogP contribution is -2.22. The van der Waals surface area contributed by atoms with Crippen LogP contribution in [0.15, 0.2) is 28.9 Å². The summed E-state index contributed by atoms with van der Waals surface area (Å²) in [5, 5.41) is 7.94. The summed E-state index contributed by atoms with van der Waals surface area (Å²) >= 11 is 0. The van der Waals surface area contributed by atoms with Crippen LogP contribution in [0.5, 0.6) is 0 Å². The van der Waals surface area contributed by atoms with Crippen molar-refractivity contribution >= 4 is 0 Å². The maximum Gasteiger partial charge on any atom is 0.105 e. The van der Waals surface area contributed by atoms with Crippen LogP contribution in [0.25, 0.3) is 0 Å². The molecule has 98 valence electrons. The Morgan fingerprint density at radius 1 is 1.44 bits per heavy atom. The molecule has 1 unspecified atom stereocenters. The number of hydrogen-bond donors (Lipinski definition) is 1. The monoisotopic (exact) mass is 247 g/mol. The smallest absolute Gasteiger partial charge is 0.105 e. The average molecular weight is 247 g/mol. The lowest BCUT2D eigenvalue weighted by Gasteiger charge is -2.16. The van der Waals surface area contributed by atoms with E-state index in [1.807, 2.05) is 19.2 Å². The van der Waals surface area contributed by atoms with Crippen LogP contribution in [0.2, 0.25) is 0 Å². The lowest BCUT2D eigenvalue weighted by atomic mass is 10.1. The van der Waals surface area contributed by atoms with E-state index < -0.39 is 0 Å². The fourth-order valence-corrected chi connectivity index (χ4v) is 2.18. The van der Waals surface area contributed by atoms with Crippen molar-refractivity contribution in [3.63, 3.8) is 0 Å². The second-order valence-electron chi connectivity index (χ2n) is 4.35. The van der Waals surface area contributed by atoms with Crippen molar-refractivity contribution in [1.82, 2.24) is 15.1 Å². The molecular formula is C14H21N3O. The lowest BCUT2D eigenvalue weighted by molar-refractivity contribution is 0.446. The van der Waals surface area contributed by atoms with Crippen LogP contribution in [0.1, 0.15) is 37.0 Å². The Hall–Kier alpha value is -1.55. The number of rotatable bonds is 6. The third-order valence-corrected chi connectivity index (χ3v) is 3.21. The van der Waals surface area contributed by atoms with E-state index in [2.05, 4.69) is 35.0 Å². The van der Waals surface area contributed by atoms with E-state index in [0.29, 0.717) is 0 Å². The first-order valence-electron chi connectivity index (χ1n) is 6.54. The van der Waals surface area contributed by atoms with E-state index in [9.17, 15) is 0 Å². The molecule has 2 heterocycles. The van der Waals surface area contributed by atoms with Crippen LogP contribution >= 0.6 is 0 Å². The van der Waals surface area contributed by atoms with Gasteiger partial charge in [-0.25, -0.2) is 0 Å². The van der Waals surface area contributed by atoms with Crippen LogP contribution in [0.4, 0.5) is 0 Å². The SMILES string of the molecule is CCc1cc(C(Cc2ccco2)NC)n(CC)n1. The minimum absolute atomic E-state index is 0.240. The molecular weight excluding hydrogens is 226 g/mol. The van der Waals surface area contributed by atoms with Gasteiger partial charge < -0.3 is 9.73 Å². The second kappa shape index (κ2) is 5.87.